The van der Waals surface area contributed by atoms with Crippen molar-refractivity contribution < 1.29 is 0 Å². The van der Waals surface area contributed by atoms with Crippen LogP contribution in [0.1, 0.15) is 42.0 Å². The van der Waals surface area contributed by atoms with Crippen LogP contribution in [0.15, 0.2) is 48.5 Å². The summed E-state index contributed by atoms with van der Waals surface area (Å²) in [5.74, 6) is 0.673. The minimum Gasteiger partial charge on any atom is -0.313 e. The number of hydrogen-bond donors (Lipinski definition) is 1. The van der Waals surface area contributed by atoms with Crippen molar-refractivity contribution in [2.45, 2.75) is 45.1 Å². The minimum atomic E-state index is 0.553. The fourth-order valence-corrected chi connectivity index (χ4v) is 3.44. The highest BCUT2D eigenvalue weighted by atomic mass is 14.9. The second-order valence-electron chi connectivity index (χ2n) is 6.05. The summed E-state index contributed by atoms with van der Waals surface area (Å²) in [6.45, 7) is 5.45. The van der Waals surface area contributed by atoms with Gasteiger partial charge in [-0.05, 0) is 48.1 Å². The van der Waals surface area contributed by atoms with E-state index in [9.17, 15) is 0 Å². The van der Waals surface area contributed by atoms with Crippen molar-refractivity contribution in [3.05, 3.63) is 70.8 Å². The van der Waals surface area contributed by atoms with Gasteiger partial charge in [0, 0.05) is 12.0 Å². The maximum absolute atomic E-state index is 3.70. The van der Waals surface area contributed by atoms with Gasteiger partial charge in [0.1, 0.15) is 0 Å². The van der Waals surface area contributed by atoms with Crippen LogP contribution in [-0.2, 0) is 19.3 Å². The second-order valence-corrected chi connectivity index (χ2v) is 6.05. The van der Waals surface area contributed by atoms with E-state index >= 15 is 0 Å². The third kappa shape index (κ3) is 3.03. The van der Waals surface area contributed by atoms with E-state index in [1.165, 1.54) is 23.1 Å². The molecule has 0 amide bonds. The summed E-state index contributed by atoms with van der Waals surface area (Å²) in [6.07, 6.45) is 3.46. The monoisotopic (exact) mass is 279 g/mol. The zero-order valence-corrected chi connectivity index (χ0v) is 13.1. The SMILES string of the molecule is CCNC(Cc1ccc(CC)cc1)C1Cc2ccccc21. The molecule has 1 N–H and O–H groups in total. The van der Waals surface area contributed by atoms with Gasteiger partial charge in [-0.2, -0.15) is 0 Å². The smallest absolute Gasteiger partial charge is 0.0179 e. The van der Waals surface area contributed by atoms with E-state index < -0.39 is 0 Å². The Balaban J connectivity index is 1.73. The van der Waals surface area contributed by atoms with Crippen LogP contribution in [-0.4, -0.2) is 12.6 Å². The third-order valence-corrected chi connectivity index (χ3v) is 4.73. The molecule has 2 unspecified atom stereocenters. The summed E-state index contributed by atoms with van der Waals surface area (Å²) in [4.78, 5) is 0. The van der Waals surface area contributed by atoms with Crippen molar-refractivity contribution in [2.75, 3.05) is 6.54 Å². The second kappa shape index (κ2) is 6.44. The molecular formula is C20H25N. The predicted molar refractivity (Wildman–Crippen MR) is 89.9 cm³/mol. The largest absolute Gasteiger partial charge is 0.313 e. The molecule has 1 aliphatic carbocycles. The van der Waals surface area contributed by atoms with Crippen LogP contribution in [0.5, 0.6) is 0 Å². The van der Waals surface area contributed by atoms with E-state index in [0.29, 0.717) is 12.0 Å². The molecule has 0 heterocycles. The van der Waals surface area contributed by atoms with Gasteiger partial charge in [0.25, 0.3) is 0 Å². The number of nitrogens with one attached hydrogen (secondary N) is 1. The Morgan fingerprint density at radius 2 is 1.71 bits per heavy atom. The van der Waals surface area contributed by atoms with Gasteiger partial charge in [-0.15, -0.1) is 0 Å². The van der Waals surface area contributed by atoms with Crippen molar-refractivity contribution in [2.24, 2.45) is 0 Å². The molecule has 2 aromatic carbocycles. The van der Waals surface area contributed by atoms with Gasteiger partial charge in [-0.25, -0.2) is 0 Å². The van der Waals surface area contributed by atoms with Crippen molar-refractivity contribution in [1.29, 1.82) is 0 Å². The zero-order valence-electron chi connectivity index (χ0n) is 13.1. The Kier molecular flexibility index (Phi) is 4.40. The third-order valence-electron chi connectivity index (χ3n) is 4.73. The average molecular weight is 279 g/mol. The lowest BCUT2D eigenvalue weighted by Crippen LogP contribution is -2.41. The molecule has 0 bridgehead atoms. The van der Waals surface area contributed by atoms with Crippen molar-refractivity contribution >= 4 is 0 Å². The number of likely N-dealkylation sites (N-methyl/N-ethyl adjacent to an activating group) is 1. The van der Waals surface area contributed by atoms with Crippen LogP contribution in [0.3, 0.4) is 0 Å². The normalized spacial score (nSPS) is 17.9. The molecule has 1 aliphatic rings. The van der Waals surface area contributed by atoms with Crippen LogP contribution in [0.4, 0.5) is 0 Å². The Morgan fingerprint density at radius 3 is 2.38 bits per heavy atom. The molecule has 0 fully saturated rings. The van der Waals surface area contributed by atoms with E-state index in [0.717, 1.165) is 19.4 Å². The van der Waals surface area contributed by atoms with Crippen molar-refractivity contribution in [1.82, 2.24) is 5.32 Å². The highest BCUT2D eigenvalue weighted by Crippen LogP contribution is 2.38. The van der Waals surface area contributed by atoms with Crippen LogP contribution in [0.25, 0.3) is 0 Å². The number of aryl methyl sites for hydroxylation is 1. The van der Waals surface area contributed by atoms with E-state index in [2.05, 4.69) is 67.7 Å². The molecule has 0 aliphatic heterocycles. The van der Waals surface area contributed by atoms with Gasteiger partial charge in [0.2, 0.25) is 0 Å². The number of benzene rings is 2. The molecule has 2 atom stereocenters. The van der Waals surface area contributed by atoms with Gasteiger partial charge in [-0.1, -0.05) is 62.4 Å². The quantitative estimate of drug-likeness (QED) is 0.839. The summed E-state index contributed by atoms with van der Waals surface area (Å²) in [5.41, 5.74) is 5.95. The Hall–Kier alpha value is -1.60. The van der Waals surface area contributed by atoms with Gasteiger partial charge in [0.15, 0.2) is 0 Å². The number of hydrogen-bond acceptors (Lipinski definition) is 1. The first-order valence-corrected chi connectivity index (χ1v) is 8.20. The molecule has 21 heavy (non-hydrogen) atoms. The highest BCUT2D eigenvalue weighted by Gasteiger charge is 2.32. The number of rotatable bonds is 6. The van der Waals surface area contributed by atoms with Crippen LogP contribution >= 0.6 is 0 Å². The molecule has 3 rings (SSSR count). The summed E-state index contributed by atoms with van der Waals surface area (Å²) in [6, 6.07) is 18.6. The predicted octanol–water partition coefficient (Wildman–Crippen LogP) is 4.11. The standard InChI is InChI=1S/C20H25N/c1-3-15-9-11-16(12-10-15)13-20(21-4-2)19-14-17-7-5-6-8-18(17)19/h5-12,19-21H,3-4,13-14H2,1-2H3. The Bertz CT molecular complexity index is 585. The average Bonchev–Trinajstić information content (AvgIpc) is 2.49. The van der Waals surface area contributed by atoms with Gasteiger partial charge in [0.05, 0.1) is 0 Å². The van der Waals surface area contributed by atoms with Crippen LogP contribution in [0.2, 0.25) is 0 Å². The molecule has 0 saturated heterocycles. The maximum Gasteiger partial charge on any atom is 0.0179 e. The lowest BCUT2D eigenvalue weighted by Gasteiger charge is -2.37. The molecule has 110 valence electrons. The summed E-state index contributed by atoms with van der Waals surface area (Å²) in [7, 11) is 0. The minimum absolute atomic E-state index is 0.553. The first-order chi connectivity index (χ1) is 10.3. The van der Waals surface area contributed by atoms with E-state index in [1.807, 2.05) is 0 Å². The molecule has 1 heteroatoms. The van der Waals surface area contributed by atoms with E-state index in [1.54, 1.807) is 5.56 Å². The molecular weight excluding hydrogens is 254 g/mol. The molecule has 0 aromatic heterocycles. The molecule has 0 spiro atoms. The maximum atomic E-state index is 3.70. The first kappa shape index (κ1) is 14.3. The van der Waals surface area contributed by atoms with Gasteiger partial charge in [-0.3, -0.25) is 0 Å². The lowest BCUT2D eigenvalue weighted by molar-refractivity contribution is 0.405. The number of fused-ring (bicyclic) bond motifs is 1. The van der Waals surface area contributed by atoms with Crippen molar-refractivity contribution in [3.8, 4) is 0 Å². The fourth-order valence-electron chi connectivity index (χ4n) is 3.44. The van der Waals surface area contributed by atoms with Gasteiger partial charge < -0.3 is 5.32 Å². The van der Waals surface area contributed by atoms with Gasteiger partial charge >= 0.3 is 0 Å². The molecule has 2 aromatic rings. The summed E-state index contributed by atoms with van der Waals surface area (Å²) >= 11 is 0. The van der Waals surface area contributed by atoms with Crippen LogP contribution < -0.4 is 5.32 Å². The Labute approximate surface area is 128 Å². The van der Waals surface area contributed by atoms with E-state index in [4.69, 9.17) is 0 Å². The molecule has 1 nitrogen and oxygen atoms in total. The summed E-state index contributed by atoms with van der Waals surface area (Å²) in [5, 5.41) is 3.70. The summed E-state index contributed by atoms with van der Waals surface area (Å²) < 4.78 is 0. The lowest BCUT2D eigenvalue weighted by atomic mass is 9.72. The zero-order chi connectivity index (χ0) is 14.7. The first-order valence-electron chi connectivity index (χ1n) is 8.20. The van der Waals surface area contributed by atoms with Crippen LogP contribution in [0, 0.1) is 0 Å². The molecule has 0 radical (unpaired) electrons. The van der Waals surface area contributed by atoms with E-state index in [-0.39, 0.29) is 0 Å². The van der Waals surface area contributed by atoms with Crippen molar-refractivity contribution in [3.63, 3.8) is 0 Å². The highest BCUT2D eigenvalue weighted by molar-refractivity contribution is 5.41. The fraction of sp³-hybridized carbons (Fsp3) is 0.400. The topological polar surface area (TPSA) is 12.0 Å². The molecule has 0 saturated carbocycles. The Morgan fingerprint density at radius 1 is 1.00 bits per heavy atom.